The molecule has 0 aliphatic heterocycles. The van der Waals surface area contributed by atoms with E-state index in [4.69, 9.17) is 16.0 Å². The Kier molecular flexibility index (Phi) is 4.27. The minimum Gasteiger partial charge on any atom is -0.444 e. The van der Waals surface area contributed by atoms with Gasteiger partial charge in [-0.25, -0.2) is 4.98 Å². The Balaban J connectivity index is 1.76. The molecule has 106 valence electrons. The van der Waals surface area contributed by atoms with Gasteiger partial charge in [-0.2, -0.15) is 0 Å². The number of rotatable bonds is 4. The largest absolute Gasteiger partial charge is 0.444 e. The standard InChI is InChI=1S/C16H12BrClN2O/c17-13-4-5-15(18)12(6-13)8-20-14-3-1-2-11(7-14)16-9-19-10-21-16/h1-7,9-10,20H,8H2. The fourth-order valence-corrected chi connectivity index (χ4v) is 2.61. The first kappa shape index (κ1) is 14.2. The molecule has 0 amide bonds. The molecule has 21 heavy (non-hydrogen) atoms. The van der Waals surface area contributed by atoms with Crippen LogP contribution in [0.1, 0.15) is 5.56 Å². The van der Waals surface area contributed by atoms with Crippen molar-refractivity contribution in [3.63, 3.8) is 0 Å². The molecule has 0 radical (unpaired) electrons. The molecule has 1 aromatic heterocycles. The van der Waals surface area contributed by atoms with E-state index in [9.17, 15) is 0 Å². The van der Waals surface area contributed by atoms with Gasteiger partial charge in [0.15, 0.2) is 12.2 Å². The monoisotopic (exact) mass is 362 g/mol. The van der Waals surface area contributed by atoms with Gasteiger partial charge in [-0.15, -0.1) is 0 Å². The van der Waals surface area contributed by atoms with Gasteiger partial charge in [-0.05, 0) is 35.9 Å². The van der Waals surface area contributed by atoms with Crippen molar-refractivity contribution in [2.45, 2.75) is 6.54 Å². The van der Waals surface area contributed by atoms with E-state index < -0.39 is 0 Å². The minimum atomic E-state index is 0.651. The number of nitrogens with one attached hydrogen (secondary N) is 1. The van der Waals surface area contributed by atoms with Gasteiger partial charge in [0, 0.05) is 27.3 Å². The summed E-state index contributed by atoms with van der Waals surface area (Å²) in [5.74, 6) is 0.749. The summed E-state index contributed by atoms with van der Waals surface area (Å²) in [5, 5.41) is 4.11. The first-order valence-electron chi connectivity index (χ1n) is 6.39. The lowest BCUT2D eigenvalue weighted by Crippen LogP contribution is -2.00. The van der Waals surface area contributed by atoms with Crippen LogP contribution in [-0.2, 0) is 6.54 Å². The van der Waals surface area contributed by atoms with Gasteiger partial charge >= 0.3 is 0 Å². The predicted molar refractivity (Wildman–Crippen MR) is 88.4 cm³/mol. The van der Waals surface area contributed by atoms with Gasteiger partial charge in [0.2, 0.25) is 0 Å². The molecule has 1 N–H and O–H groups in total. The van der Waals surface area contributed by atoms with Crippen LogP contribution in [0.25, 0.3) is 11.3 Å². The molecule has 0 unspecified atom stereocenters. The maximum Gasteiger partial charge on any atom is 0.181 e. The highest BCUT2D eigenvalue weighted by molar-refractivity contribution is 9.10. The third-order valence-electron chi connectivity index (χ3n) is 3.07. The molecule has 0 bridgehead atoms. The molecule has 0 fully saturated rings. The van der Waals surface area contributed by atoms with Gasteiger partial charge in [0.1, 0.15) is 0 Å². The Morgan fingerprint density at radius 1 is 1.19 bits per heavy atom. The van der Waals surface area contributed by atoms with Crippen LogP contribution in [0, 0.1) is 0 Å². The molecule has 0 spiro atoms. The van der Waals surface area contributed by atoms with Crippen LogP contribution < -0.4 is 5.32 Å². The van der Waals surface area contributed by atoms with E-state index in [0.29, 0.717) is 6.54 Å². The Morgan fingerprint density at radius 2 is 2.10 bits per heavy atom. The molecular weight excluding hydrogens is 352 g/mol. The number of hydrogen-bond acceptors (Lipinski definition) is 3. The number of benzene rings is 2. The number of aromatic nitrogens is 1. The van der Waals surface area contributed by atoms with E-state index in [1.165, 1.54) is 6.39 Å². The van der Waals surface area contributed by atoms with Crippen LogP contribution in [0.3, 0.4) is 0 Å². The second kappa shape index (κ2) is 6.33. The number of halogens is 2. The molecule has 0 atom stereocenters. The maximum atomic E-state index is 6.19. The first-order valence-corrected chi connectivity index (χ1v) is 7.56. The van der Waals surface area contributed by atoms with Crippen molar-refractivity contribution >= 4 is 33.2 Å². The summed E-state index contributed by atoms with van der Waals surface area (Å²) in [6.07, 6.45) is 3.13. The molecule has 0 aliphatic rings. The average Bonchev–Trinajstić information content (AvgIpc) is 3.03. The maximum absolute atomic E-state index is 6.19. The zero-order valence-corrected chi connectivity index (χ0v) is 13.4. The van der Waals surface area contributed by atoms with Crippen LogP contribution in [0.15, 0.2) is 63.9 Å². The normalized spacial score (nSPS) is 10.6. The third kappa shape index (κ3) is 3.46. The Bertz CT molecular complexity index is 744. The van der Waals surface area contributed by atoms with E-state index in [-0.39, 0.29) is 0 Å². The SMILES string of the molecule is Clc1ccc(Br)cc1CNc1cccc(-c2cnco2)c1. The molecule has 3 nitrogen and oxygen atoms in total. The molecule has 0 saturated heterocycles. The first-order chi connectivity index (χ1) is 10.2. The molecule has 3 aromatic rings. The van der Waals surface area contributed by atoms with E-state index in [2.05, 4.69) is 26.2 Å². The summed E-state index contributed by atoms with van der Waals surface area (Å²) in [4.78, 5) is 3.93. The second-order valence-electron chi connectivity index (χ2n) is 4.54. The van der Waals surface area contributed by atoms with Crippen LogP contribution in [-0.4, -0.2) is 4.98 Å². The highest BCUT2D eigenvalue weighted by Crippen LogP contribution is 2.24. The van der Waals surface area contributed by atoms with Crippen molar-refractivity contribution in [2.75, 3.05) is 5.32 Å². The molecule has 0 aliphatic carbocycles. The van der Waals surface area contributed by atoms with Crippen molar-refractivity contribution in [3.05, 3.63) is 70.1 Å². The van der Waals surface area contributed by atoms with Crippen LogP contribution in [0.4, 0.5) is 5.69 Å². The van der Waals surface area contributed by atoms with Crippen molar-refractivity contribution < 1.29 is 4.42 Å². The van der Waals surface area contributed by atoms with E-state index in [1.54, 1.807) is 6.20 Å². The molecular formula is C16H12BrClN2O. The lowest BCUT2D eigenvalue weighted by atomic mass is 10.1. The number of nitrogens with zero attached hydrogens (tertiary/aromatic N) is 1. The minimum absolute atomic E-state index is 0.651. The van der Waals surface area contributed by atoms with Crippen molar-refractivity contribution in [3.8, 4) is 11.3 Å². The zero-order chi connectivity index (χ0) is 14.7. The Hall–Kier alpha value is -1.78. The topological polar surface area (TPSA) is 38.1 Å². The van der Waals surface area contributed by atoms with E-state index >= 15 is 0 Å². The average molecular weight is 364 g/mol. The summed E-state index contributed by atoms with van der Waals surface area (Å²) in [6.45, 7) is 0.651. The molecule has 2 aromatic carbocycles. The predicted octanol–water partition coefficient (Wildman–Crippen LogP) is 5.37. The summed E-state index contributed by atoms with van der Waals surface area (Å²) >= 11 is 9.65. The summed E-state index contributed by atoms with van der Waals surface area (Å²) in [6, 6.07) is 13.8. The summed E-state index contributed by atoms with van der Waals surface area (Å²) in [7, 11) is 0. The van der Waals surface area contributed by atoms with Gasteiger partial charge < -0.3 is 9.73 Å². The number of oxazole rings is 1. The fourth-order valence-electron chi connectivity index (χ4n) is 2.02. The van der Waals surface area contributed by atoms with Crippen LogP contribution >= 0.6 is 27.5 Å². The number of hydrogen-bond donors (Lipinski definition) is 1. The van der Waals surface area contributed by atoms with Gasteiger partial charge in [0.05, 0.1) is 6.20 Å². The van der Waals surface area contributed by atoms with E-state index in [0.717, 1.165) is 32.1 Å². The Morgan fingerprint density at radius 3 is 2.90 bits per heavy atom. The molecule has 3 rings (SSSR count). The number of anilines is 1. The zero-order valence-electron chi connectivity index (χ0n) is 11.0. The van der Waals surface area contributed by atoms with Crippen molar-refractivity contribution in [2.24, 2.45) is 0 Å². The molecule has 1 heterocycles. The van der Waals surface area contributed by atoms with Crippen LogP contribution in [0.2, 0.25) is 5.02 Å². The second-order valence-corrected chi connectivity index (χ2v) is 5.86. The summed E-state index contributed by atoms with van der Waals surface area (Å²) in [5.41, 5.74) is 3.02. The fraction of sp³-hybridized carbons (Fsp3) is 0.0625. The van der Waals surface area contributed by atoms with Crippen molar-refractivity contribution in [1.82, 2.24) is 4.98 Å². The third-order valence-corrected chi connectivity index (χ3v) is 3.93. The van der Waals surface area contributed by atoms with E-state index in [1.807, 2.05) is 42.5 Å². The Labute approximate surface area is 136 Å². The van der Waals surface area contributed by atoms with Gasteiger partial charge in [0.25, 0.3) is 0 Å². The van der Waals surface area contributed by atoms with Gasteiger partial charge in [-0.3, -0.25) is 0 Å². The van der Waals surface area contributed by atoms with Gasteiger partial charge in [-0.1, -0.05) is 39.7 Å². The highest BCUT2D eigenvalue weighted by Gasteiger charge is 2.04. The van der Waals surface area contributed by atoms with Crippen molar-refractivity contribution in [1.29, 1.82) is 0 Å². The smallest absolute Gasteiger partial charge is 0.181 e. The van der Waals surface area contributed by atoms with Crippen LogP contribution in [0.5, 0.6) is 0 Å². The lowest BCUT2D eigenvalue weighted by molar-refractivity contribution is 0.572. The summed E-state index contributed by atoms with van der Waals surface area (Å²) < 4.78 is 6.32. The quantitative estimate of drug-likeness (QED) is 0.677. The molecule has 0 saturated carbocycles. The molecule has 5 heteroatoms. The highest BCUT2D eigenvalue weighted by atomic mass is 79.9. The lowest BCUT2D eigenvalue weighted by Gasteiger charge is -2.09.